The maximum atomic E-state index is 9.42. The first-order valence-corrected chi connectivity index (χ1v) is 7.04. The van der Waals surface area contributed by atoms with Crippen LogP contribution in [0.15, 0.2) is 53.0 Å². The van der Waals surface area contributed by atoms with E-state index >= 15 is 0 Å². The monoisotopic (exact) mass is 314 g/mol. The summed E-state index contributed by atoms with van der Waals surface area (Å²) in [5.74, 6) is 0. The number of hydrogen-bond acceptors (Lipinski definition) is 2. The highest BCUT2D eigenvalue weighted by Crippen LogP contribution is 2.27. The van der Waals surface area contributed by atoms with Crippen LogP contribution in [0.25, 0.3) is 0 Å². The molecule has 1 N–H and O–H groups in total. The standard InChI is InChI=1S/C16H15BrN2/c1-2-12-7-3-4-8-13(12)16(11-18)19-15-10-6-5-9-14(15)17/h3-10,16,19H,2H2,1H3. The molecule has 0 heterocycles. The number of para-hydroxylation sites is 1. The van der Waals surface area contributed by atoms with Gasteiger partial charge in [0.25, 0.3) is 0 Å². The highest BCUT2D eigenvalue weighted by Gasteiger charge is 2.14. The molecule has 0 spiro atoms. The molecule has 2 aromatic carbocycles. The Morgan fingerprint density at radius 1 is 1.16 bits per heavy atom. The van der Waals surface area contributed by atoms with Gasteiger partial charge in [-0.25, -0.2) is 0 Å². The van der Waals surface area contributed by atoms with Crippen molar-refractivity contribution in [3.05, 3.63) is 64.1 Å². The Bertz CT molecular complexity index is 602. The van der Waals surface area contributed by atoms with Crippen LogP contribution in [-0.2, 0) is 6.42 Å². The summed E-state index contributed by atoms with van der Waals surface area (Å²) in [4.78, 5) is 0. The Morgan fingerprint density at radius 2 is 1.84 bits per heavy atom. The Balaban J connectivity index is 2.31. The fraction of sp³-hybridized carbons (Fsp3) is 0.188. The van der Waals surface area contributed by atoms with E-state index in [9.17, 15) is 5.26 Å². The van der Waals surface area contributed by atoms with Gasteiger partial charge in [0.1, 0.15) is 6.04 Å². The third kappa shape index (κ3) is 3.15. The third-order valence-electron chi connectivity index (χ3n) is 3.05. The van der Waals surface area contributed by atoms with Gasteiger partial charge in [-0.1, -0.05) is 43.3 Å². The molecule has 2 rings (SSSR count). The first-order valence-electron chi connectivity index (χ1n) is 6.24. The van der Waals surface area contributed by atoms with E-state index in [-0.39, 0.29) is 6.04 Å². The van der Waals surface area contributed by atoms with Crippen molar-refractivity contribution < 1.29 is 0 Å². The van der Waals surface area contributed by atoms with E-state index in [0.717, 1.165) is 22.1 Å². The number of nitrogens with one attached hydrogen (secondary N) is 1. The van der Waals surface area contributed by atoms with Gasteiger partial charge < -0.3 is 5.32 Å². The molecule has 0 saturated carbocycles. The molecular formula is C16H15BrN2. The van der Waals surface area contributed by atoms with E-state index in [0.29, 0.717) is 0 Å². The summed E-state index contributed by atoms with van der Waals surface area (Å²) in [5.41, 5.74) is 3.18. The van der Waals surface area contributed by atoms with E-state index in [1.165, 1.54) is 5.56 Å². The highest BCUT2D eigenvalue weighted by atomic mass is 79.9. The molecule has 2 nitrogen and oxygen atoms in total. The molecule has 0 aliphatic heterocycles. The number of aryl methyl sites for hydroxylation is 1. The molecule has 0 fully saturated rings. The molecule has 0 amide bonds. The van der Waals surface area contributed by atoms with Gasteiger partial charge in [-0.2, -0.15) is 5.26 Å². The lowest BCUT2D eigenvalue weighted by atomic mass is 9.99. The van der Waals surface area contributed by atoms with Crippen molar-refractivity contribution in [2.75, 3.05) is 5.32 Å². The number of benzene rings is 2. The van der Waals surface area contributed by atoms with Crippen molar-refractivity contribution in [1.82, 2.24) is 0 Å². The molecule has 19 heavy (non-hydrogen) atoms. The quantitative estimate of drug-likeness (QED) is 0.888. The molecule has 0 aromatic heterocycles. The van der Waals surface area contributed by atoms with E-state index in [4.69, 9.17) is 0 Å². The molecule has 0 radical (unpaired) electrons. The second-order valence-electron chi connectivity index (χ2n) is 4.24. The van der Waals surface area contributed by atoms with Gasteiger partial charge in [-0.05, 0) is 45.6 Å². The number of nitriles is 1. The van der Waals surface area contributed by atoms with E-state index < -0.39 is 0 Å². The van der Waals surface area contributed by atoms with Gasteiger partial charge in [0.2, 0.25) is 0 Å². The number of hydrogen-bond donors (Lipinski definition) is 1. The minimum Gasteiger partial charge on any atom is -0.365 e. The van der Waals surface area contributed by atoms with Gasteiger partial charge in [0.05, 0.1) is 6.07 Å². The molecule has 0 aliphatic rings. The molecule has 1 atom stereocenters. The van der Waals surface area contributed by atoms with Gasteiger partial charge in [-0.15, -0.1) is 0 Å². The van der Waals surface area contributed by atoms with Crippen molar-refractivity contribution >= 4 is 21.6 Å². The zero-order chi connectivity index (χ0) is 13.7. The van der Waals surface area contributed by atoms with Crippen molar-refractivity contribution in [3.63, 3.8) is 0 Å². The predicted octanol–water partition coefficient (Wildman–Crippen LogP) is 4.69. The van der Waals surface area contributed by atoms with Gasteiger partial charge >= 0.3 is 0 Å². The summed E-state index contributed by atoms with van der Waals surface area (Å²) < 4.78 is 0.962. The van der Waals surface area contributed by atoms with Gasteiger partial charge in [0.15, 0.2) is 0 Å². The lowest BCUT2D eigenvalue weighted by molar-refractivity contribution is 0.953. The maximum Gasteiger partial charge on any atom is 0.140 e. The van der Waals surface area contributed by atoms with E-state index in [1.54, 1.807) is 0 Å². The minimum absolute atomic E-state index is 0.338. The largest absolute Gasteiger partial charge is 0.365 e. The topological polar surface area (TPSA) is 35.8 Å². The van der Waals surface area contributed by atoms with E-state index in [1.807, 2.05) is 42.5 Å². The summed E-state index contributed by atoms with van der Waals surface area (Å²) in [5, 5.41) is 12.7. The first kappa shape index (κ1) is 13.6. The molecule has 3 heteroatoms. The number of rotatable bonds is 4. The highest BCUT2D eigenvalue weighted by molar-refractivity contribution is 9.10. The van der Waals surface area contributed by atoms with Crippen LogP contribution in [0.1, 0.15) is 24.1 Å². The summed E-state index contributed by atoms with van der Waals surface area (Å²) in [6.45, 7) is 2.10. The van der Waals surface area contributed by atoms with Crippen LogP contribution in [0.2, 0.25) is 0 Å². The fourth-order valence-electron chi connectivity index (χ4n) is 2.05. The molecule has 1 unspecified atom stereocenters. The Morgan fingerprint density at radius 3 is 2.53 bits per heavy atom. The smallest absolute Gasteiger partial charge is 0.140 e. The Kier molecular flexibility index (Phi) is 4.59. The van der Waals surface area contributed by atoms with Crippen molar-refractivity contribution in [3.8, 4) is 6.07 Å². The van der Waals surface area contributed by atoms with Crippen LogP contribution in [0.3, 0.4) is 0 Å². The first-order chi connectivity index (χ1) is 9.26. The zero-order valence-electron chi connectivity index (χ0n) is 10.7. The third-order valence-corrected chi connectivity index (χ3v) is 3.74. The predicted molar refractivity (Wildman–Crippen MR) is 81.9 cm³/mol. The lowest BCUT2D eigenvalue weighted by Crippen LogP contribution is -2.11. The van der Waals surface area contributed by atoms with E-state index in [2.05, 4.69) is 40.3 Å². The second-order valence-corrected chi connectivity index (χ2v) is 5.09. The summed E-state index contributed by atoms with van der Waals surface area (Å²) >= 11 is 3.49. The van der Waals surface area contributed by atoms with Crippen LogP contribution in [0, 0.1) is 11.3 Å². The average molecular weight is 315 g/mol. The van der Waals surface area contributed by atoms with Gasteiger partial charge in [0, 0.05) is 10.2 Å². The molecule has 0 aliphatic carbocycles. The molecule has 0 saturated heterocycles. The average Bonchev–Trinajstić information content (AvgIpc) is 2.46. The Hall–Kier alpha value is -1.79. The molecule has 0 bridgehead atoms. The fourth-order valence-corrected chi connectivity index (χ4v) is 2.45. The number of anilines is 1. The van der Waals surface area contributed by atoms with Crippen LogP contribution < -0.4 is 5.32 Å². The molecular weight excluding hydrogens is 300 g/mol. The SMILES string of the molecule is CCc1ccccc1C(C#N)Nc1ccccc1Br. The lowest BCUT2D eigenvalue weighted by Gasteiger charge is -2.17. The summed E-state index contributed by atoms with van der Waals surface area (Å²) in [6, 6.07) is 17.9. The summed E-state index contributed by atoms with van der Waals surface area (Å²) in [7, 11) is 0. The van der Waals surface area contributed by atoms with Crippen molar-refractivity contribution in [1.29, 1.82) is 5.26 Å². The van der Waals surface area contributed by atoms with Crippen LogP contribution >= 0.6 is 15.9 Å². The number of nitrogens with zero attached hydrogens (tertiary/aromatic N) is 1. The minimum atomic E-state index is -0.338. The molecule has 96 valence electrons. The molecule has 2 aromatic rings. The number of halogens is 1. The Labute approximate surface area is 122 Å². The van der Waals surface area contributed by atoms with Gasteiger partial charge in [-0.3, -0.25) is 0 Å². The van der Waals surface area contributed by atoms with Crippen molar-refractivity contribution in [2.24, 2.45) is 0 Å². The zero-order valence-corrected chi connectivity index (χ0v) is 12.3. The van der Waals surface area contributed by atoms with Crippen LogP contribution in [0.4, 0.5) is 5.69 Å². The maximum absolute atomic E-state index is 9.42. The normalized spacial score (nSPS) is 11.6. The van der Waals surface area contributed by atoms with Crippen LogP contribution in [0.5, 0.6) is 0 Å². The summed E-state index contributed by atoms with van der Waals surface area (Å²) in [6.07, 6.45) is 0.923. The van der Waals surface area contributed by atoms with Crippen LogP contribution in [-0.4, -0.2) is 0 Å². The second kappa shape index (κ2) is 6.40. The van der Waals surface area contributed by atoms with Crippen molar-refractivity contribution in [2.45, 2.75) is 19.4 Å².